The first-order valence-electron chi connectivity index (χ1n) is 3.38. The van der Waals surface area contributed by atoms with Gasteiger partial charge in [-0.15, -0.1) is 0 Å². The molecular formula is C7H8BrNO4. The molecule has 0 amide bonds. The SMILES string of the molecule is OC(c1ccnc(Br)c1)C(O)(O)O. The molecule has 1 rings (SSSR count). The summed E-state index contributed by atoms with van der Waals surface area (Å²) in [6.07, 6.45) is -0.430. The van der Waals surface area contributed by atoms with Gasteiger partial charge in [0.1, 0.15) is 4.60 Å². The minimum Gasteiger partial charge on any atom is -0.380 e. The van der Waals surface area contributed by atoms with Crippen LogP contribution in [0.2, 0.25) is 0 Å². The van der Waals surface area contributed by atoms with E-state index < -0.39 is 12.1 Å². The van der Waals surface area contributed by atoms with Gasteiger partial charge < -0.3 is 20.4 Å². The molecule has 1 unspecified atom stereocenters. The predicted octanol–water partition coefficient (Wildman–Crippen LogP) is -0.492. The average molecular weight is 250 g/mol. The molecule has 72 valence electrons. The molecule has 0 saturated heterocycles. The quantitative estimate of drug-likeness (QED) is 0.419. The Bertz CT molecular complexity index is 299. The lowest BCUT2D eigenvalue weighted by atomic mass is 10.1. The number of aliphatic hydroxyl groups is 4. The smallest absolute Gasteiger partial charge is 0.307 e. The van der Waals surface area contributed by atoms with Crippen LogP contribution in [0.1, 0.15) is 11.7 Å². The van der Waals surface area contributed by atoms with Crippen LogP contribution in [0.4, 0.5) is 0 Å². The van der Waals surface area contributed by atoms with Crippen molar-refractivity contribution in [3.8, 4) is 0 Å². The van der Waals surface area contributed by atoms with Crippen molar-refractivity contribution in [1.29, 1.82) is 0 Å². The highest BCUT2D eigenvalue weighted by molar-refractivity contribution is 9.10. The van der Waals surface area contributed by atoms with E-state index in [1.807, 2.05) is 0 Å². The second kappa shape index (κ2) is 3.69. The van der Waals surface area contributed by atoms with Crippen molar-refractivity contribution in [2.75, 3.05) is 0 Å². The molecule has 1 aromatic rings. The Hall–Kier alpha value is -0.530. The molecule has 0 saturated carbocycles. The van der Waals surface area contributed by atoms with Gasteiger partial charge in [0.25, 0.3) is 0 Å². The highest BCUT2D eigenvalue weighted by Gasteiger charge is 2.31. The summed E-state index contributed by atoms with van der Waals surface area (Å²) in [6.45, 7) is 0. The monoisotopic (exact) mass is 249 g/mol. The van der Waals surface area contributed by atoms with E-state index in [9.17, 15) is 5.11 Å². The maximum Gasteiger partial charge on any atom is 0.307 e. The van der Waals surface area contributed by atoms with Crippen LogP contribution in [0.25, 0.3) is 0 Å². The van der Waals surface area contributed by atoms with Gasteiger partial charge in [0.05, 0.1) is 0 Å². The molecule has 0 aliphatic carbocycles. The maximum atomic E-state index is 9.18. The van der Waals surface area contributed by atoms with Gasteiger partial charge in [0.2, 0.25) is 0 Å². The fourth-order valence-corrected chi connectivity index (χ4v) is 1.19. The molecule has 5 nitrogen and oxygen atoms in total. The van der Waals surface area contributed by atoms with E-state index in [1.165, 1.54) is 18.3 Å². The largest absolute Gasteiger partial charge is 0.380 e. The van der Waals surface area contributed by atoms with Gasteiger partial charge in [0, 0.05) is 6.20 Å². The molecule has 13 heavy (non-hydrogen) atoms. The second-order valence-corrected chi connectivity index (χ2v) is 3.31. The normalized spacial score (nSPS) is 14.2. The Morgan fingerprint density at radius 3 is 2.46 bits per heavy atom. The van der Waals surface area contributed by atoms with Crippen LogP contribution in [0.5, 0.6) is 0 Å². The van der Waals surface area contributed by atoms with E-state index in [0.717, 1.165) is 0 Å². The fraction of sp³-hybridized carbons (Fsp3) is 0.286. The lowest BCUT2D eigenvalue weighted by Gasteiger charge is -2.20. The van der Waals surface area contributed by atoms with E-state index in [2.05, 4.69) is 20.9 Å². The third-order valence-corrected chi connectivity index (χ3v) is 1.87. The van der Waals surface area contributed by atoms with Crippen LogP contribution in [-0.2, 0) is 0 Å². The molecule has 6 heteroatoms. The van der Waals surface area contributed by atoms with Gasteiger partial charge in [-0.05, 0) is 33.6 Å². The summed E-state index contributed by atoms with van der Waals surface area (Å²) in [4.78, 5) is 3.76. The Labute approximate surface area is 82.4 Å². The molecular weight excluding hydrogens is 242 g/mol. The van der Waals surface area contributed by atoms with Gasteiger partial charge in [-0.2, -0.15) is 0 Å². The Morgan fingerprint density at radius 1 is 1.38 bits per heavy atom. The zero-order valence-corrected chi connectivity index (χ0v) is 8.01. The molecule has 1 heterocycles. The highest BCUT2D eigenvalue weighted by Crippen LogP contribution is 2.22. The number of rotatable bonds is 2. The second-order valence-electron chi connectivity index (χ2n) is 2.50. The van der Waals surface area contributed by atoms with Gasteiger partial charge in [0.15, 0.2) is 6.10 Å². The maximum absolute atomic E-state index is 9.18. The van der Waals surface area contributed by atoms with Gasteiger partial charge in [-0.25, -0.2) is 4.98 Å². The average Bonchev–Trinajstić information content (AvgIpc) is 2.01. The highest BCUT2D eigenvalue weighted by atomic mass is 79.9. The number of halogens is 1. The van der Waals surface area contributed by atoms with Crippen LogP contribution in [0.15, 0.2) is 22.9 Å². The lowest BCUT2D eigenvalue weighted by molar-refractivity contribution is -0.357. The Balaban J connectivity index is 2.96. The first-order valence-corrected chi connectivity index (χ1v) is 4.17. The van der Waals surface area contributed by atoms with Crippen LogP contribution in [0, 0.1) is 0 Å². The van der Waals surface area contributed by atoms with Crippen molar-refractivity contribution in [3.63, 3.8) is 0 Å². The first kappa shape index (κ1) is 10.6. The summed E-state index contributed by atoms with van der Waals surface area (Å²) in [5, 5.41) is 35.2. The number of hydrogen-bond donors (Lipinski definition) is 4. The minimum absolute atomic E-state index is 0.148. The zero-order chi connectivity index (χ0) is 10.1. The molecule has 0 bridgehead atoms. The standard InChI is InChI=1S/C7H8BrNO4/c8-5-3-4(1-2-9-5)6(10)7(11,12)13/h1-3,6,10-13H. The third kappa shape index (κ3) is 2.71. The van der Waals surface area contributed by atoms with E-state index >= 15 is 0 Å². The topological polar surface area (TPSA) is 93.8 Å². The molecule has 0 radical (unpaired) electrons. The van der Waals surface area contributed by atoms with Crippen molar-refractivity contribution in [1.82, 2.24) is 4.98 Å². The molecule has 0 aliphatic heterocycles. The number of aromatic nitrogens is 1. The molecule has 1 atom stereocenters. The van der Waals surface area contributed by atoms with Gasteiger partial charge in [-0.3, -0.25) is 0 Å². The number of pyridine rings is 1. The minimum atomic E-state index is -3.14. The van der Waals surface area contributed by atoms with Crippen LogP contribution in [-0.4, -0.2) is 31.4 Å². The first-order chi connectivity index (χ1) is 5.91. The van der Waals surface area contributed by atoms with Gasteiger partial charge >= 0.3 is 5.97 Å². The molecule has 0 spiro atoms. The van der Waals surface area contributed by atoms with Gasteiger partial charge in [-0.1, -0.05) is 0 Å². The van der Waals surface area contributed by atoms with Crippen LogP contribution < -0.4 is 0 Å². The lowest BCUT2D eigenvalue weighted by Crippen LogP contribution is -2.35. The van der Waals surface area contributed by atoms with Crippen LogP contribution >= 0.6 is 15.9 Å². The van der Waals surface area contributed by atoms with Crippen molar-refractivity contribution in [2.24, 2.45) is 0 Å². The Morgan fingerprint density at radius 2 is 2.00 bits per heavy atom. The summed E-state index contributed by atoms with van der Waals surface area (Å²) in [5.41, 5.74) is 0.148. The van der Waals surface area contributed by atoms with E-state index in [1.54, 1.807) is 0 Å². The van der Waals surface area contributed by atoms with E-state index in [4.69, 9.17) is 15.3 Å². The van der Waals surface area contributed by atoms with Crippen molar-refractivity contribution < 1.29 is 20.4 Å². The summed E-state index contributed by atoms with van der Waals surface area (Å²) in [7, 11) is 0. The zero-order valence-electron chi connectivity index (χ0n) is 6.42. The van der Waals surface area contributed by atoms with Crippen molar-refractivity contribution in [2.45, 2.75) is 12.1 Å². The third-order valence-electron chi connectivity index (χ3n) is 1.43. The summed E-state index contributed by atoms with van der Waals surface area (Å²) in [5.74, 6) is -3.14. The Kier molecular flexibility index (Phi) is 2.99. The summed E-state index contributed by atoms with van der Waals surface area (Å²) < 4.78 is 0.424. The molecule has 0 fully saturated rings. The molecule has 0 aromatic carbocycles. The number of nitrogens with zero attached hydrogens (tertiary/aromatic N) is 1. The number of hydrogen-bond acceptors (Lipinski definition) is 5. The number of aliphatic hydroxyl groups excluding tert-OH is 1. The molecule has 0 aliphatic rings. The van der Waals surface area contributed by atoms with Crippen molar-refractivity contribution in [3.05, 3.63) is 28.5 Å². The van der Waals surface area contributed by atoms with E-state index in [-0.39, 0.29) is 5.56 Å². The summed E-state index contributed by atoms with van der Waals surface area (Å²) in [6, 6.07) is 2.72. The van der Waals surface area contributed by atoms with Crippen molar-refractivity contribution >= 4 is 15.9 Å². The predicted molar refractivity (Wildman–Crippen MR) is 46.3 cm³/mol. The molecule has 4 N–H and O–H groups in total. The summed E-state index contributed by atoms with van der Waals surface area (Å²) >= 11 is 3.03. The molecule has 1 aromatic heterocycles. The van der Waals surface area contributed by atoms with Crippen LogP contribution in [0.3, 0.4) is 0 Å². The van der Waals surface area contributed by atoms with E-state index in [0.29, 0.717) is 4.60 Å². The fourth-order valence-electron chi connectivity index (χ4n) is 0.811.